The van der Waals surface area contributed by atoms with E-state index in [4.69, 9.17) is 10.7 Å². The summed E-state index contributed by atoms with van der Waals surface area (Å²) in [5.74, 6) is 0. The van der Waals surface area contributed by atoms with Gasteiger partial charge in [-0.15, -0.1) is 0 Å². The maximum atomic E-state index is 6.08. The van der Waals surface area contributed by atoms with E-state index in [9.17, 15) is 0 Å². The molecule has 1 aromatic carbocycles. The molecule has 0 radical (unpaired) electrons. The molecule has 1 aliphatic heterocycles. The van der Waals surface area contributed by atoms with E-state index >= 15 is 0 Å². The zero-order chi connectivity index (χ0) is 18.1. The Bertz CT molecular complexity index is 894. The van der Waals surface area contributed by atoms with Crippen LogP contribution < -0.4 is 5.73 Å². The van der Waals surface area contributed by atoms with Gasteiger partial charge in [0.15, 0.2) is 0 Å². The van der Waals surface area contributed by atoms with Gasteiger partial charge in [-0.25, -0.2) is 4.98 Å². The van der Waals surface area contributed by atoms with E-state index in [1.807, 2.05) is 18.3 Å². The molecule has 3 aromatic rings. The predicted octanol–water partition coefficient (Wildman–Crippen LogP) is 4.52. The van der Waals surface area contributed by atoms with Crippen LogP contribution in [0, 0.1) is 0 Å². The van der Waals surface area contributed by atoms with Crippen molar-refractivity contribution in [3.63, 3.8) is 0 Å². The highest BCUT2D eigenvalue weighted by Crippen LogP contribution is 2.29. The topological polar surface area (TPSA) is 46.6 Å². The van der Waals surface area contributed by atoms with E-state index in [1.165, 1.54) is 36.1 Å². The molecule has 1 unspecified atom stereocenters. The Morgan fingerprint density at radius 2 is 1.92 bits per heavy atom. The number of nitrogen functional groups attached to an aromatic ring is 1. The van der Waals surface area contributed by atoms with Crippen molar-refractivity contribution in [1.82, 2.24) is 14.3 Å². The van der Waals surface area contributed by atoms with Crippen molar-refractivity contribution in [3.05, 3.63) is 53.9 Å². The molecule has 0 aliphatic carbocycles. The van der Waals surface area contributed by atoms with Crippen molar-refractivity contribution < 1.29 is 0 Å². The Kier molecular flexibility index (Phi) is 4.68. The number of rotatable bonds is 4. The molecule has 0 spiro atoms. The first-order valence-corrected chi connectivity index (χ1v) is 9.75. The number of hydrogen-bond donors (Lipinski definition) is 1. The number of pyridine rings is 1. The minimum Gasteiger partial charge on any atom is -0.398 e. The van der Waals surface area contributed by atoms with Crippen molar-refractivity contribution in [1.29, 1.82) is 0 Å². The lowest BCUT2D eigenvalue weighted by Crippen LogP contribution is -2.37. The van der Waals surface area contributed by atoms with Gasteiger partial charge in [0.05, 0.1) is 11.4 Å². The minimum absolute atomic E-state index is 0.616. The molecule has 1 fully saturated rings. The van der Waals surface area contributed by atoms with Crippen LogP contribution >= 0.6 is 0 Å². The van der Waals surface area contributed by atoms with Gasteiger partial charge >= 0.3 is 0 Å². The fraction of sp³-hybridized carbons (Fsp3) is 0.409. The fourth-order valence-electron chi connectivity index (χ4n) is 3.98. The first-order valence-electron chi connectivity index (χ1n) is 9.75. The summed E-state index contributed by atoms with van der Waals surface area (Å²) < 4.78 is 2.18. The molecule has 0 amide bonds. The molecule has 1 atom stereocenters. The molecule has 1 saturated heterocycles. The van der Waals surface area contributed by atoms with Crippen LogP contribution in [0.1, 0.15) is 44.4 Å². The van der Waals surface area contributed by atoms with Gasteiger partial charge in [-0.2, -0.15) is 0 Å². The first kappa shape index (κ1) is 17.1. The van der Waals surface area contributed by atoms with Crippen molar-refractivity contribution in [2.24, 2.45) is 0 Å². The molecule has 26 heavy (non-hydrogen) atoms. The number of nitrogens with two attached hydrogens (primary N) is 1. The average Bonchev–Trinajstić information content (AvgIpc) is 3.01. The van der Waals surface area contributed by atoms with Crippen LogP contribution in [-0.2, 0) is 13.0 Å². The molecule has 3 heterocycles. The highest BCUT2D eigenvalue weighted by atomic mass is 15.2. The molecule has 2 aromatic heterocycles. The number of imidazole rings is 1. The van der Waals surface area contributed by atoms with Crippen LogP contribution in [0.5, 0.6) is 0 Å². The molecular weight excluding hydrogens is 320 g/mol. The van der Waals surface area contributed by atoms with E-state index in [2.05, 4.69) is 47.4 Å². The zero-order valence-corrected chi connectivity index (χ0v) is 15.8. The smallest absolute Gasteiger partial charge is 0.137 e. The lowest BCUT2D eigenvalue weighted by molar-refractivity contribution is 0.151. The summed E-state index contributed by atoms with van der Waals surface area (Å²) in [6.45, 7) is 6.60. The van der Waals surface area contributed by atoms with Crippen LogP contribution in [0.3, 0.4) is 0 Å². The number of aromatic nitrogens is 2. The molecule has 2 N–H and O–H groups in total. The van der Waals surface area contributed by atoms with Crippen molar-refractivity contribution in [3.8, 4) is 11.3 Å². The van der Waals surface area contributed by atoms with E-state index in [0.29, 0.717) is 6.04 Å². The van der Waals surface area contributed by atoms with Gasteiger partial charge in [0, 0.05) is 30.0 Å². The molecule has 1 aliphatic rings. The Hall–Kier alpha value is -2.33. The van der Waals surface area contributed by atoms with Crippen LogP contribution in [0.2, 0.25) is 0 Å². The number of aryl methyl sites for hydroxylation is 1. The maximum absolute atomic E-state index is 6.08. The maximum Gasteiger partial charge on any atom is 0.137 e. The lowest BCUT2D eigenvalue weighted by atomic mass is 10.0. The van der Waals surface area contributed by atoms with E-state index in [1.54, 1.807) is 0 Å². The predicted molar refractivity (Wildman–Crippen MR) is 108 cm³/mol. The summed E-state index contributed by atoms with van der Waals surface area (Å²) in [5.41, 5.74) is 12.7. The minimum atomic E-state index is 0.616. The van der Waals surface area contributed by atoms with Gasteiger partial charge in [-0.05, 0) is 50.4 Å². The molecule has 0 saturated carbocycles. The Morgan fingerprint density at radius 1 is 1.12 bits per heavy atom. The third-order valence-corrected chi connectivity index (χ3v) is 5.67. The van der Waals surface area contributed by atoms with Crippen LogP contribution in [0.25, 0.3) is 16.9 Å². The molecule has 0 bridgehead atoms. The van der Waals surface area contributed by atoms with Gasteiger partial charge in [0.2, 0.25) is 0 Å². The third-order valence-electron chi connectivity index (χ3n) is 5.67. The second kappa shape index (κ2) is 7.12. The monoisotopic (exact) mass is 348 g/mol. The second-order valence-electron chi connectivity index (χ2n) is 7.46. The van der Waals surface area contributed by atoms with Gasteiger partial charge in [0.1, 0.15) is 5.65 Å². The fourth-order valence-corrected chi connectivity index (χ4v) is 3.98. The normalized spacial score (nSPS) is 18.5. The summed E-state index contributed by atoms with van der Waals surface area (Å²) in [6, 6.07) is 13.4. The van der Waals surface area contributed by atoms with Crippen molar-refractivity contribution in [2.45, 2.75) is 52.1 Å². The number of nitrogens with zero attached hydrogens (tertiary/aromatic N) is 3. The van der Waals surface area contributed by atoms with Gasteiger partial charge in [-0.3, -0.25) is 4.90 Å². The Morgan fingerprint density at radius 3 is 2.65 bits per heavy atom. The number of hydrogen-bond acceptors (Lipinski definition) is 3. The van der Waals surface area contributed by atoms with Crippen LogP contribution in [-0.4, -0.2) is 26.9 Å². The van der Waals surface area contributed by atoms with Crippen LogP contribution in [0.15, 0.2) is 42.6 Å². The number of piperidine rings is 1. The Balaban J connectivity index is 1.80. The molecule has 4 heteroatoms. The quantitative estimate of drug-likeness (QED) is 0.754. The number of benzene rings is 1. The summed E-state index contributed by atoms with van der Waals surface area (Å²) in [7, 11) is 0. The third kappa shape index (κ3) is 3.21. The van der Waals surface area contributed by atoms with E-state index in [0.717, 1.165) is 36.5 Å². The highest BCUT2D eigenvalue weighted by Gasteiger charge is 2.22. The average molecular weight is 348 g/mol. The summed E-state index contributed by atoms with van der Waals surface area (Å²) in [6.07, 6.45) is 6.96. The number of fused-ring (bicyclic) bond motifs is 1. The SMILES string of the molecule is CCc1ccc(-c2nc3ccc(N)cn3c2CN2CCCCC2C)cc1. The number of likely N-dealkylation sites (tertiary alicyclic amines) is 1. The second-order valence-corrected chi connectivity index (χ2v) is 7.46. The standard InChI is InChI=1S/C22H28N4/c1-3-17-7-9-18(10-8-17)22-20(15-25-13-5-4-6-16(25)2)26-14-19(23)11-12-21(26)24-22/h7-12,14,16H,3-6,13,15,23H2,1-2H3. The molecule has 4 nitrogen and oxygen atoms in total. The van der Waals surface area contributed by atoms with Crippen molar-refractivity contribution >= 4 is 11.3 Å². The van der Waals surface area contributed by atoms with E-state index < -0.39 is 0 Å². The van der Waals surface area contributed by atoms with Crippen molar-refractivity contribution in [2.75, 3.05) is 12.3 Å². The summed E-state index contributed by atoms with van der Waals surface area (Å²) >= 11 is 0. The summed E-state index contributed by atoms with van der Waals surface area (Å²) in [5, 5.41) is 0. The lowest BCUT2D eigenvalue weighted by Gasteiger charge is -2.33. The Labute approximate surface area is 155 Å². The highest BCUT2D eigenvalue weighted by molar-refractivity contribution is 5.67. The van der Waals surface area contributed by atoms with Crippen LogP contribution in [0.4, 0.5) is 5.69 Å². The molecule has 4 rings (SSSR count). The largest absolute Gasteiger partial charge is 0.398 e. The van der Waals surface area contributed by atoms with E-state index in [-0.39, 0.29) is 0 Å². The zero-order valence-electron chi connectivity index (χ0n) is 15.8. The summed E-state index contributed by atoms with van der Waals surface area (Å²) in [4.78, 5) is 7.53. The van der Waals surface area contributed by atoms with Gasteiger partial charge < -0.3 is 10.1 Å². The van der Waals surface area contributed by atoms with Gasteiger partial charge in [-0.1, -0.05) is 37.6 Å². The molecule has 136 valence electrons. The molecular formula is C22H28N4. The first-order chi connectivity index (χ1) is 12.7. The van der Waals surface area contributed by atoms with Gasteiger partial charge in [0.25, 0.3) is 0 Å². The number of anilines is 1.